The third kappa shape index (κ3) is 3.50. The largest absolute Gasteiger partial charge is 0.495 e. The van der Waals surface area contributed by atoms with Gasteiger partial charge in [-0.25, -0.2) is 0 Å². The van der Waals surface area contributed by atoms with Gasteiger partial charge < -0.3 is 15.0 Å². The molecule has 5 nitrogen and oxygen atoms in total. The Morgan fingerprint density at radius 1 is 1.35 bits per heavy atom. The molecule has 20 heavy (non-hydrogen) atoms. The van der Waals surface area contributed by atoms with Gasteiger partial charge in [0.25, 0.3) is 0 Å². The van der Waals surface area contributed by atoms with Crippen molar-refractivity contribution in [3.05, 3.63) is 24.3 Å². The molecule has 1 aromatic carbocycles. The highest BCUT2D eigenvalue weighted by molar-refractivity contribution is 5.93. The van der Waals surface area contributed by atoms with Gasteiger partial charge in [-0.2, -0.15) is 0 Å². The van der Waals surface area contributed by atoms with Crippen molar-refractivity contribution < 1.29 is 14.3 Å². The van der Waals surface area contributed by atoms with Crippen LogP contribution in [0.2, 0.25) is 0 Å². The van der Waals surface area contributed by atoms with E-state index in [1.165, 1.54) is 6.92 Å². The van der Waals surface area contributed by atoms with Gasteiger partial charge in [0.1, 0.15) is 5.75 Å². The highest BCUT2D eigenvalue weighted by Gasteiger charge is 2.29. The second-order valence-corrected chi connectivity index (χ2v) is 4.91. The summed E-state index contributed by atoms with van der Waals surface area (Å²) in [6.07, 6.45) is 1.96. The fraction of sp³-hybridized carbons (Fsp3) is 0.467. The normalized spacial score (nSPS) is 13.7. The molecule has 0 aromatic heterocycles. The molecular formula is C15H20N2O3. The average Bonchev–Trinajstić information content (AvgIpc) is 3.27. The number of anilines is 1. The lowest BCUT2D eigenvalue weighted by molar-refractivity contribution is -0.122. The van der Waals surface area contributed by atoms with E-state index in [1.807, 2.05) is 24.3 Å². The summed E-state index contributed by atoms with van der Waals surface area (Å²) in [5, 5.41) is 2.86. The van der Waals surface area contributed by atoms with Crippen LogP contribution in [-0.2, 0) is 9.59 Å². The van der Waals surface area contributed by atoms with Crippen LogP contribution >= 0.6 is 0 Å². The predicted octanol–water partition coefficient (Wildman–Crippen LogP) is 1.57. The zero-order valence-electron chi connectivity index (χ0n) is 11.9. The number of hydrogen-bond acceptors (Lipinski definition) is 3. The van der Waals surface area contributed by atoms with Gasteiger partial charge >= 0.3 is 0 Å². The van der Waals surface area contributed by atoms with E-state index in [-0.39, 0.29) is 17.7 Å². The molecule has 2 amide bonds. The topological polar surface area (TPSA) is 58.6 Å². The molecule has 0 spiro atoms. The van der Waals surface area contributed by atoms with Crippen LogP contribution in [0.3, 0.4) is 0 Å². The minimum atomic E-state index is -0.0739. The van der Waals surface area contributed by atoms with Gasteiger partial charge in [0.05, 0.1) is 12.8 Å². The fourth-order valence-corrected chi connectivity index (χ4v) is 2.08. The molecule has 1 aromatic rings. The summed E-state index contributed by atoms with van der Waals surface area (Å²) in [5.74, 6) is 0.854. The van der Waals surface area contributed by atoms with E-state index < -0.39 is 0 Å². The Kier molecular flexibility index (Phi) is 4.61. The van der Waals surface area contributed by atoms with Crippen molar-refractivity contribution in [3.63, 3.8) is 0 Å². The van der Waals surface area contributed by atoms with Gasteiger partial charge in [-0.1, -0.05) is 12.1 Å². The minimum absolute atomic E-state index is 0.0739. The summed E-state index contributed by atoms with van der Waals surface area (Å²) in [6.45, 7) is 2.40. The number of benzene rings is 1. The van der Waals surface area contributed by atoms with Gasteiger partial charge in [0.2, 0.25) is 11.8 Å². The van der Waals surface area contributed by atoms with Crippen molar-refractivity contribution in [1.29, 1.82) is 0 Å². The van der Waals surface area contributed by atoms with Gasteiger partial charge in [0.15, 0.2) is 0 Å². The molecular weight excluding hydrogens is 256 g/mol. The van der Waals surface area contributed by atoms with Crippen molar-refractivity contribution >= 4 is 17.5 Å². The van der Waals surface area contributed by atoms with E-state index in [2.05, 4.69) is 5.32 Å². The van der Waals surface area contributed by atoms with Crippen LogP contribution in [0.4, 0.5) is 5.69 Å². The molecule has 1 fully saturated rings. The standard InChI is InChI=1S/C15H20N2O3/c1-11(18)17(10-9-16-15(19)12-7-8-12)13-5-3-4-6-14(13)20-2/h3-6,12H,7-10H2,1-2H3,(H,16,19). The predicted molar refractivity (Wildman–Crippen MR) is 76.8 cm³/mol. The Bertz CT molecular complexity index is 498. The van der Waals surface area contributed by atoms with Crippen molar-refractivity contribution in [2.24, 2.45) is 5.92 Å². The van der Waals surface area contributed by atoms with E-state index in [0.29, 0.717) is 18.8 Å². The van der Waals surface area contributed by atoms with Crippen molar-refractivity contribution in [1.82, 2.24) is 5.32 Å². The Hall–Kier alpha value is -2.04. The quantitative estimate of drug-likeness (QED) is 0.858. The summed E-state index contributed by atoms with van der Waals surface area (Å²) < 4.78 is 5.27. The highest BCUT2D eigenvalue weighted by Crippen LogP contribution is 2.29. The van der Waals surface area contributed by atoms with Gasteiger partial charge in [0, 0.05) is 25.9 Å². The number of nitrogens with zero attached hydrogens (tertiary/aromatic N) is 1. The first kappa shape index (κ1) is 14.4. The second-order valence-electron chi connectivity index (χ2n) is 4.91. The number of hydrogen-bond donors (Lipinski definition) is 1. The van der Waals surface area contributed by atoms with E-state index in [1.54, 1.807) is 12.0 Å². The number of nitrogens with one attached hydrogen (secondary N) is 1. The van der Waals surface area contributed by atoms with Crippen molar-refractivity contribution in [3.8, 4) is 5.75 Å². The Balaban J connectivity index is 1.99. The molecule has 1 aliphatic carbocycles. The Labute approximate surface area is 118 Å². The lowest BCUT2D eigenvalue weighted by Crippen LogP contribution is -2.38. The molecule has 0 aliphatic heterocycles. The molecule has 0 bridgehead atoms. The number of methoxy groups -OCH3 is 1. The van der Waals surface area contributed by atoms with Crippen LogP contribution < -0.4 is 15.0 Å². The molecule has 2 rings (SSSR count). The monoisotopic (exact) mass is 276 g/mol. The third-order valence-electron chi connectivity index (χ3n) is 3.34. The first-order chi connectivity index (χ1) is 9.63. The summed E-state index contributed by atoms with van der Waals surface area (Å²) in [5.41, 5.74) is 0.725. The summed E-state index contributed by atoms with van der Waals surface area (Å²) in [4.78, 5) is 25.0. The van der Waals surface area contributed by atoms with Gasteiger partial charge in [-0.15, -0.1) is 0 Å². The third-order valence-corrected chi connectivity index (χ3v) is 3.34. The lowest BCUT2D eigenvalue weighted by Gasteiger charge is -2.23. The van der Waals surface area contributed by atoms with Crippen molar-refractivity contribution in [2.45, 2.75) is 19.8 Å². The maximum Gasteiger partial charge on any atom is 0.224 e. The molecule has 0 radical (unpaired) electrons. The van der Waals surface area contributed by atoms with Crippen molar-refractivity contribution in [2.75, 3.05) is 25.1 Å². The Morgan fingerprint density at radius 2 is 2.05 bits per heavy atom. The van der Waals surface area contributed by atoms with E-state index in [4.69, 9.17) is 4.74 Å². The van der Waals surface area contributed by atoms with E-state index >= 15 is 0 Å². The van der Waals surface area contributed by atoms with Crippen LogP contribution in [-0.4, -0.2) is 32.0 Å². The number of amides is 2. The van der Waals surface area contributed by atoms with Gasteiger partial charge in [-0.05, 0) is 25.0 Å². The molecule has 0 unspecified atom stereocenters. The number of carbonyl (C=O) groups excluding carboxylic acids is 2. The summed E-state index contributed by atoms with van der Waals surface area (Å²) in [7, 11) is 1.58. The van der Waals surface area contributed by atoms with Gasteiger partial charge in [-0.3, -0.25) is 9.59 Å². The maximum absolute atomic E-state index is 11.8. The van der Waals surface area contributed by atoms with Crippen LogP contribution in [0.5, 0.6) is 5.75 Å². The zero-order chi connectivity index (χ0) is 14.5. The number of para-hydroxylation sites is 2. The molecule has 5 heteroatoms. The molecule has 1 saturated carbocycles. The fourth-order valence-electron chi connectivity index (χ4n) is 2.08. The number of ether oxygens (including phenoxy) is 1. The van der Waals surface area contributed by atoms with E-state index in [9.17, 15) is 9.59 Å². The molecule has 1 aliphatic rings. The SMILES string of the molecule is COc1ccccc1N(CCNC(=O)C1CC1)C(C)=O. The zero-order valence-corrected chi connectivity index (χ0v) is 11.9. The first-order valence-electron chi connectivity index (χ1n) is 6.82. The van der Waals surface area contributed by atoms with Crippen LogP contribution in [0.1, 0.15) is 19.8 Å². The van der Waals surface area contributed by atoms with Crippen LogP contribution in [0, 0.1) is 5.92 Å². The summed E-state index contributed by atoms with van der Waals surface area (Å²) in [6, 6.07) is 7.36. The smallest absolute Gasteiger partial charge is 0.224 e. The van der Waals surface area contributed by atoms with E-state index in [0.717, 1.165) is 18.5 Å². The molecule has 0 atom stereocenters. The number of rotatable bonds is 6. The maximum atomic E-state index is 11.8. The second kappa shape index (κ2) is 6.41. The summed E-state index contributed by atoms with van der Waals surface area (Å²) >= 11 is 0. The molecule has 1 N–H and O–H groups in total. The minimum Gasteiger partial charge on any atom is -0.495 e. The molecule has 0 saturated heterocycles. The average molecular weight is 276 g/mol. The first-order valence-corrected chi connectivity index (χ1v) is 6.82. The molecule has 0 heterocycles. The number of carbonyl (C=O) groups is 2. The molecule has 108 valence electrons. The van der Waals surface area contributed by atoms with Crippen LogP contribution in [0.25, 0.3) is 0 Å². The Morgan fingerprint density at radius 3 is 2.65 bits per heavy atom. The van der Waals surface area contributed by atoms with Crippen LogP contribution in [0.15, 0.2) is 24.3 Å². The lowest BCUT2D eigenvalue weighted by atomic mass is 10.2. The highest BCUT2D eigenvalue weighted by atomic mass is 16.5.